The fourth-order valence-electron chi connectivity index (χ4n) is 1.30. The summed E-state index contributed by atoms with van der Waals surface area (Å²) in [4.78, 5) is 3.82. The fraction of sp³-hybridized carbons (Fsp3) is 0.200. The van der Waals surface area contributed by atoms with Gasteiger partial charge in [0.15, 0.2) is 5.82 Å². The molecule has 2 aromatic rings. The van der Waals surface area contributed by atoms with Crippen LogP contribution in [0.2, 0.25) is 0 Å². The number of aromatic nitrogens is 2. The van der Waals surface area contributed by atoms with Gasteiger partial charge in [-0.1, -0.05) is 11.2 Å². The summed E-state index contributed by atoms with van der Waals surface area (Å²) in [5.74, 6) is -0.139. The van der Waals surface area contributed by atoms with Crippen LogP contribution >= 0.6 is 0 Å². The van der Waals surface area contributed by atoms with Crippen molar-refractivity contribution >= 4 is 0 Å². The minimum absolute atomic E-state index is 0.0148. The van der Waals surface area contributed by atoms with Crippen molar-refractivity contribution in [1.29, 1.82) is 0 Å². The number of hydrogen-bond acceptors (Lipinski definition) is 5. The summed E-state index contributed by atoms with van der Waals surface area (Å²) in [5.41, 5.74) is 0.0946. The Hall–Kier alpha value is -1.95. The van der Waals surface area contributed by atoms with Gasteiger partial charge in [0, 0.05) is 0 Å². The molecule has 0 aliphatic heterocycles. The van der Waals surface area contributed by atoms with Crippen LogP contribution in [0.25, 0.3) is 11.5 Å². The number of benzene rings is 1. The molecule has 0 amide bonds. The van der Waals surface area contributed by atoms with Crippen molar-refractivity contribution < 1.29 is 18.8 Å². The first kappa shape index (κ1) is 10.6. The number of rotatable bonds is 3. The zero-order valence-corrected chi connectivity index (χ0v) is 8.48. The summed E-state index contributed by atoms with van der Waals surface area (Å²) in [6.07, 6.45) is 0. The fourth-order valence-corrected chi connectivity index (χ4v) is 1.30. The lowest BCUT2D eigenvalue weighted by molar-refractivity contribution is 0.264. The molecule has 0 aliphatic carbocycles. The summed E-state index contributed by atoms with van der Waals surface area (Å²) in [5, 5.41) is 12.3. The normalized spacial score (nSPS) is 10.4. The Morgan fingerprint density at radius 3 is 2.94 bits per heavy atom. The van der Waals surface area contributed by atoms with Crippen LogP contribution in [0.4, 0.5) is 4.39 Å². The number of aliphatic hydroxyl groups excluding tert-OH is 1. The van der Waals surface area contributed by atoms with Crippen LogP contribution in [-0.4, -0.2) is 22.4 Å². The monoisotopic (exact) mass is 224 g/mol. The number of methoxy groups -OCH3 is 1. The van der Waals surface area contributed by atoms with Gasteiger partial charge < -0.3 is 14.4 Å². The van der Waals surface area contributed by atoms with E-state index in [9.17, 15) is 4.39 Å². The van der Waals surface area contributed by atoms with Crippen molar-refractivity contribution in [1.82, 2.24) is 10.1 Å². The van der Waals surface area contributed by atoms with Crippen molar-refractivity contribution in [2.24, 2.45) is 0 Å². The first-order valence-electron chi connectivity index (χ1n) is 4.52. The van der Waals surface area contributed by atoms with Crippen LogP contribution < -0.4 is 4.74 Å². The van der Waals surface area contributed by atoms with Crippen molar-refractivity contribution in [2.45, 2.75) is 6.61 Å². The quantitative estimate of drug-likeness (QED) is 0.852. The van der Waals surface area contributed by atoms with Gasteiger partial charge >= 0.3 is 0 Å². The van der Waals surface area contributed by atoms with Gasteiger partial charge in [0.2, 0.25) is 0 Å². The number of aliphatic hydroxyl groups is 1. The Morgan fingerprint density at radius 1 is 1.50 bits per heavy atom. The second-order valence-corrected chi connectivity index (χ2v) is 2.99. The molecule has 2 rings (SSSR count). The highest BCUT2D eigenvalue weighted by molar-refractivity contribution is 5.63. The van der Waals surface area contributed by atoms with E-state index < -0.39 is 5.82 Å². The average Bonchev–Trinajstić information content (AvgIpc) is 2.76. The second kappa shape index (κ2) is 4.28. The van der Waals surface area contributed by atoms with Gasteiger partial charge in [0.05, 0.1) is 7.11 Å². The number of nitrogens with zero attached hydrogens (tertiary/aromatic N) is 2. The summed E-state index contributed by atoms with van der Waals surface area (Å²) in [7, 11) is 1.42. The van der Waals surface area contributed by atoms with Crippen molar-refractivity contribution in [3.63, 3.8) is 0 Å². The Labute approximate surface area is 90.5 Å². The predicted molar refractivity (Wildman–Crippen MR) is 52.2 cm³/mol. The van der Waals surface area contributed by atoms with Gasteiger partial charge in [-0.15, -0.1) is 0 Å². The molecule has 0 unspecified atom stereocenters. The van der Waals surface area contributed by atoms with Crippen LogP contribution in [0.3, 0.4) is 0 Å². The van der Waals surface area contributed by atoms with Gasteiger partial charge in [-0.05, 0) is 12.1 Å². The molecule has 0 radical (unpaired) electrons. The van der Waals surface area contributed by atoms with Crippen molar-refractivity contribution in [2.75, 3.05) is 7.11 Å². The van der Waals surface area contributed by atoms with E-state index in [0.29, 0.717) is 5.75 Å². The highest BCUT2D eigenvalue weighted by Gasteiger charge is 2.17. The number of ether oxygens (including phenoxy) is 1. The van der Waals surface area contributed by atoms with Crippen LogP contribution in [0, 0.1) is 5.82 Å². The summed E-state index contributed by atoms with van der Waals surface area (Å²) in [6, 6.07) is 4.36. The lowest BCUT2D eigenvalue weighted by Crippen LogP contribution is -1.92. The van der Waals surface area contributed by atoms with Crippen LogP contribution in [-0.2, 0) is 6.61 Å². The molecule has 1 aromatic heterocycles. The largest absolute Gasteiger partial charge is 0.496 e. The molecule has 0 saturated heterocycles. The Morgan fingerprint density at radius 2 is 2.31 bits per heavy atom. The van der Waals surface area contributed by atoms with E-state index in [1.165, 1.54) is 19.2 Å². The minimum Gasteiger partial charge on any atom is -0.496 e. The highest BCUT2D eigenvalue weighted by atomic mass is 19.1. The van der Waals surface area contributed by atoms with E-state index in [1.807, 2.05) is 0 Å². The summed E-state index contributed by atoms with van der Waals surface area (Å²) >= 11 is 0. The number of hydrogen-bond donors (Lipinski definition) is 1. The third-order valence-electron chi connectivity index (χ3n) is 2.02. The van der Waals surface area contributed by atoms with Crippen LogP contribution in [0.15, 0.2) is 22.7 Å². The lowest BCUT2D eigenvalue weighted by Gasteiger charge is -2.04. The third-order valence-corrected chi connectivity index (χ3v) is 2.02. The van der Waals surface area contributed by atoms with E-state index in [4.69, 9.17) is 14.4 Å². The second-order valence-electron chi connectivity index (χ2n) is 2.99. The molecule has 1 heterocycles. The van der Waals surface area contributed by atoms with Gasteiger partial charge in [-0.3, -0.25) is 0 Å². The molecule has 0 spiro atoms. The molecular formula is C10H9FN2O3. The standard InChI is InChI=1S/C10H9FN2O3/c1-15-7-4-2-3-6(11)9(7)10-12-8(5-14)13-16-10/h2-4,14H,5H2,1H3. The Kier molecular flexibility index (Phi) is 2.82. The van der Waals surface area contributed by atoms with E-state index in [0.717, 1.165) is 0 Å². The van der Waals surface area contributed by atoms with Gasteiger partial charge in [0.25, 0.3) is 5.89 Å². The molecule has 1 N–H and O–H groups in total. The van der Waals surface area contributed by atoms with Crippen LogP contribution in [0.1, 0.15) is 5.82 Å². The molecular weight excluding hydrogens is 215 g/mol. The van der Waals surface area contributed by atoms with E-state index in [2.05, 4.69) is 10.1 Å². The third kappa shape index (κ3) is 1.74. The first-order chi connectivity index (χ1) is 7.76. The zero-order chi connectivity index (χ0) is 11.5. The first-order valence-corrected chi connectivity index (χ1v) is 4.52. The summed E-state index contributed by atoms with van der Waals surface area (Å²) in [6.45, 7) is -0.361. The predicted octanol–water partition coefficient (Wildman–Crippen LogP) is 1.38. The summed E-state index contributed by atoms with van der Waals surface area (Å²) < 4.78 is 23.4. The Bertz CT molecular complexity index is 499. The maximum absolute atomic E-state index is 13.6. The molecule has 84 valence electrons. The Balaban J connectivity index is 2.53. The molecule has 1 aromatic carbocycles. The van der Waals surface area contributed by atoms with Gasteiger partial charge in [-0.25, -0.2) is 4.39 Å². The maximum atomic E-state index is 13.6. The van der Waals surface area contributed by atoms with E-state index in [1.54, 1.807) is 6.07 Å². The maximum Gasteiger partial charge on any atom is 0.264 e. The molecule has 0 saturated carbocycles. The molecule has 6 heteroatoms. The molecule has 0 bridgehead atoms. The van der Waals surface area contributed by atoms with Crippen molar-refractivity contribution in [3.8, 4) is 17.2 Å². The van der Waals surface area contributed by atoms with Crippen LogP contribution in [0.5, 0.6) is 5.75 Å². The smallest absolute Gasteiger partial charge is 0.264 e. The molecule has 16 heavy (non-hydrogen) atoms. The lowest BCUT2D eigenvalue weighted by atomic mass is 10.2. The zero-order valence-electron chi connectivity index (χ0n) is 8.48. The SMILES string of the molecule is COc1cccc(F)c1-c1nc(CO)no1. The molecule has 0 atom stereocenters. The topological polar surface area (TPSA) is 68.4 Å². The molecule has 0 aliphatic rings. The minimum atomic E-state index is -0.521. The molecule has 5 nitrogen and oxygen atoms in total. The molecule has 0 fully saturated rings. The average molecular weight is 224 g/mol. The van der Waals surface area contributed by atoms with Gasteiger partial charge in [0.1, 0.15) is 23.7 Å². The highest BCUT2D eigenvalue weighted by Crippen LogP contribution is 2.30. The van der Waals surface area contributed by atoms with E-state index >= 15 is 0 Å². The number of halogens is 1. The van der Waals surface area contributed by atoms with Gasteiger partial charge in [-0.2, -0.15) is 4.98 Å². The van der Waals surface area contributed by atoms with Crippen molar-refractivity contribution in [3.05, 3.63) is 29.8 Å². The van der Waals surface area contributed by atoms with E-state index in [-0.39, 0.29) is 23.9 Å².